The minimum atomic E-state index is 0.0869. The Hall–Kier alpha value is -2.55. The van der Waals surface area contributed by atoms with Crippen molar-refractivity contribution in [3.05, 3.63) is 30.6 Å². The molecule has 2 saturated heterocycles. The largest absolute Gasteiger partial charge is 0.381 e. The zero-order valence-electron chi connectivity index (χ0n) is 16.0. The molecule has 2 fully saturated rings. The molecule has 1 unspecified atom stereocenters. The Balaban J connectivity index is 1.25. The number of amides is 1. The molecule has 28 heavy (non-hydrogen) atoms. The van der Waals surface area contributed by atoms with E-state index in [9.17, 15) is 4.79 Å². The summed E-state index contributed by atoms with van der Waals surface area (Å²) in [4.78, 5) is 27.6. The number of carbonyl (C=O) groups is 1. The van der Waals surface area contributed by atoms with Crippen molar-refractivity contribution >= 4 is 11.9 Å². The van der Waals surface area contributed by atoms with Crippen LogP contribution < -0.4 is 10.2 Å². The number of rotatable bonds is 7. The number of nitrogens with one attached hydrogen (secondary N) is 1. The molecule has 4 heterocycles. The lowest BCUT2D eigenvalue weighted by Crippen LogP contribution is -2.37. The van der Waals surface area contributed by atoms with E-state index < -0.39 is 0 Å². The third kappa shape index (κ3) is 4.83. The topological polar surface area (TPSA) is 98.1 Å². The van der Waals surface area contributed by atoms with Crippen molar-refractivity contribution < 1.29 is 9.53 Å². The van der Waals surface area contributed by atoms with Gasteiger partial charge >= 0.3 is 0 Å². The third-order valence-corrected chi connectivity index (χ3v) is 5.40. The normalized spacial score (nSPS) is 20.4. The van der Waals surface area contributed by atoms with Gasteiger partial charge in [0.15, 0.2) is 0 Å². The minimum absolute atomic E-state index is 0.0869. The van der Waals surface area contributed by atoms with E-state index in [-0.39, 0.29) is 11.9 Å². The van der Waals surface area contributed by atoms with E-state index in [1.165, 1.54) is 6.33 Å². The van der Waals surface area contributed by atoms with Crippen molar-refractivity contribution in [1.82, 2.24) is 30.0 Å². The van der Waals surface area contributed by atoms with Crippen molar-refractivity contribution in [2.75, 3.05) is 31.2 Å². The van der Waals surface area contributed by atoms with E-state index in [4.69, 9.17) is 9.72 Å². The molecule has 2 aliphatic heterocycles. The molecule has 2 aliphatic rings. The summed E-state index contributed by atoms with van der Waals surface area (Å²) in [6.07, 6.45) is 9.22. The number of nitrogens with zero attached hydrogens (tertiary/aromatic N) is 6. The molecular formula is C19H27N7O2. The number of hydrogen-bond acceptors (Lipinski definition) is 7. The zero-order chi connectivity index (χ0) is 19.2. The maximum atomic E-state index is 12.2. The molecule has 2 aromatic heterocycles. The molecule has 0 aromatic carbocycles. The van der Waals surface area contributed by atoms with E-state index >= 15 is 0 Å². The van der Waals surface area contributed by atoms with Crippen LogP contribution in [0, 0.1) is 0 Å². The summed E-state index contributed by atoms with van der Waals surface area (Å²) in [5.41, 5.74) is 1.11. The molecule has 1 amide bonds. The van der Waals surface area contributed by atoms with Gasteiger partial charge in [0.25, 0.3) is 0 Å². The van der Waals surface area contributed by atoms with E-state index in [0.29, 0.717) is 18.9 Å². The number of carbonyl (C=O) groups excluding carboxylic acids is 1. The zero-order valence-corrected chi connectivity index (χ0v) is 16.0. The third-order valence-electron chi connectivity index (χ3n) is 5.40. The van der Waals surface area contributed by atoms with Crippen molar-refractivity contribution in [3.8, 4) is 0 Å². The fraction of sp³-hybridized carbons (Fsp3) is 0.632. The van der Waals surface area contributed by atoms with Crippen LogP contribution in [0.5, 0.6) is 0 Å². The van der Waals surface area contributed by atoms with Gasteiger partial charge in [-0.3, -0.25) is 9.48 Å². The number of anilines is 1. The molecule has 0 spiro atoms. The highest BCUT2D eigenvalue weighted by Crippen LogP contribution is 2.26. The quantitative estimate of drug-likeness (QED) is 0.763. The highest BCUT2D eigenvalue weighted by atomic mass is 16.5. The molecule has 0 aliphatic carbocycles. The summed E-state index contributed by atoms with van der Waals surface area (Å²) in [6, 6.07) is 2.17. The molecule has 4 rings (SSSR count). The van der Waals surface area contributed by atoms with Gasteiger partial charge in [-0.15, -0.1) is 0 Å². The first-order chi connectivity index (χ1) is 13.8. The fourth-order valence-corrected chi connectivity index (χ4v) is 3.84. The molecule has 9 heteroatoms. The molecule has 2 aromatic rings. The summed E-state index contributed by atoms with van der Waals surface area (Å²) in [6.45, 7) is 3.93. The second-order valence-corrected chi connectivity index (χ2v) is 7.43. The average molecular weight is 385 g/mol. The summed E-state index contributed by atoms with van der Waals surface area (Å²) in [7, 11) is 0. The van der Waals surface area contributed by atoms with Crippen LogP contribution in [-0.4, -0.2) is 63.0 Å². The van der Waals surface area contributed by atoms with E-state index in [2.05, 4.69) is 25.3 Å². The molecule has 0 saturated carbocycles. The maximum Gasteiger partial charge on any atom is 0.225 e. The second-order valence-electron chi connectivity index (χ2n) is 7.43. The molecule has 9 nitrogen and oxygen atoms in total. The van der Waals surface area contributed by atoms with E-state index in [1.807, 2.05) is 12.3 Å². The van der Waals surface area contributed by atoms with Gasteiger partial charge in [-0.25, -0.2) is 15.0 Å². The fourth-order valence-electron chi connectivity index (χ4n) is 3.84. The Kier molecular flexibility index (Phi) is 6.11. The maximum absolute atomic E-state index is 12.2. The summed E-state index contributed by atoms with van der Waals surface area (Å²) >= 11 is 0. The van der Waals surface area contributed by atoms with Crippen LogP contribution in [0.15, 0.2) is 24.9 Å². The number of aromatic nitrogens is 5. The molecule has 0 bridgehead atoms. The van der Waals surface area contributed by atoms with Crippen LogP contribution in [0.2, 0.25) is 0 Å². The lowest BCUT2D eigenvalue weighted by molar-refractivity contribution is -0.121. The Morgan fingerprint density at radius 1 is 1.29 bits per heavy atom. The van der Waals surface area contributed by atoms with Gasteiger partial charge in [0, 0.05) is 63.1 Å². The van der Waals surface area contributed by atoms with Crippen LogP contribution in [0.25, 0.3) is 0 Å². The lowest BCUT2D eigenvalue weighted by Gasteiger charge is -2.23. The van der Waals surface area contributed by atoms with Gasteiger partial charge in [0.05, 0.1) is 0 Å². The summed E-state index contributed by atoms with van der Waals surface area (Å²) < 4.78 is 7.19. The lowest BCUT2D eigenvalue weighted by atomic mass is 9.96. The van der Waals surface area contributed by atoms with Gasteiger partial charge in [-0.2, -0.15) is 5.10 Å². The Labute approximate surface area is 164 Å². The minimum Gasteiger partial charge on any atom is -0.381 e. The Morgan fingerprint density at radius 3 is 3.00 bits per heavy atom. The standard InChI is InChI=1S/C19H27N7O2/c27-18(2-1-8-26-14-20-13-22-26)23-16-4-9-25(12-16)19-21-7-3-17(24-19)15-5-10-28-11-6-15/h3,7,13-16H,1-2,4-6,8-12H2,(H,23,27). The Morgan fingerprint density at radius 2 is 2.18 bits per heavy atom. The average Bonchev–Trinajstić information content (AvgIpc) is 3.41. The van der Waals surface area contributed by atoms with Crippen LogP contribution >= 0.6 is 0 Å². The second kappa shape index (κ2) is 9.09. The first-order valence-corrected chi connectivity index (χ1v) is 10.1. The first kappa shape index (κ1) is 18.8. The number of hydrogen-bond donors (Lipinski definition) is 1. The van der Waals surface area contributed by atoms with Gasteiger partial charge in [0.2, 0.25) is 11.9 Å². The van der Waals surface area contributed by atoms with Crippen molar-refractivity contribution in [2.45, 2.75) is 50.6 Å². The highest BCUT2D eigenvalue weighted by Gasteiger charge is 2.26. The van der Waals surface area contributed by atoms with Gasteiger partial charge in [-0.05, 0) is 31.7 Å². The summed E-state index contributed by atoms with van der Waals surface area (Å²) in [5, 5.41) is 7.19. The van der Waals surface area contributed by atoms with Gasteiger partial charge < -0.3 is 15.0 Å². The molecule has 1 N–H and O–H groups in total. The van der Waals surface area contributed by atoms with Crippen molar-refractivity contribution in [1.29, 1.82) is 0 Å². The molecule has 0 radical (unpaired) electrons. The predicted molar refractivity (Wildman–Crippen MR) is 103 cm³/mol. The highest BCUT2D eigenvalue weighted by molar-refractivity contribution is 5.76. The van der Waals surface area contributed by atoms with Gasteiger partial charge in [-0.1, -0.05) is 0 Å². The summed E-state index contributed by atoms with van der Waals surface area (Å²) in [5.74, 6) is 1.31. The first-order valence-electron chi connectivity index (χ1n) is 10.1. The predicted octanol–water partition coefficient (Wildman–Crippen LogP) is 1.14. The van der Waals surface area contributed by atoms with Crippen molar-refractivity contribution in [3.63, 3.8) is 0 Å². The smallest absolute Gasteiger partial charge is 0.225 e. The van der Waals surface area contributed by atoms with E-state index in [0.717, 1.165) is 63.6 Å². The van der Waals surface area contributed by atoms with E-state index in [1.54, 1.807) is 11.0 Å². The Bertz CT molecular complexity index is 761. The van der Waals surface area contributed by atoms with Crippen LogP contribution in [0.3, 0.4) is 0 Å². The van der Waals surface area contributed by atoms with Gasteiger partial charge in [0.1, 0.15) is 12.7 Å². The SMILES string of the molecule is O=C(CCCn1cncn1)NC1CCN(c2nccc(C3CCOCC3)n2)C1. The van der Waals surface area contributed by atoms with Crippen LogP contribution in [0.4, 0.5) is 5.95 Å². The number of ether oxygens (including phenoxy) is 1. The van der Waals surface area contributed by atoms with Crippen molar-refractivity contribution in [2.24, 2.45) is 0 Å². The van der Waals surface area contributed by atoms with Crippen LogP contribution in [0.1, 0.15) is 43.7 Å². The monoisotopic (exact) mass is 385 g/mol. The molecule has 1 atom stereocenters. The van der Waals surface area contributed by atoms with Crippen LogP contribution in [-0.2, 0) is 16.1 Å². The number of aryl methyl sites for hydroxylation is 1. The molecular weight excluding hydrogens is 358 g/mol. The molecule has 150 valence electrons.